The number of ether oxygens (including phenoxy) is 2. The van der Waals surface area contributed by atoms with Gasteiger partial charge < -0.3 is 25.1 Å². The van der Waals surface area contributed by atoms with E-state index in [1.165, 1.54) is 12.3 Å². The number of hydrogen-bond acceptors (Lipinski definition) is 5. The maximum Gasteiger partial charge on any atom is 0.262 e. The van der Waals surface area contributed by atoms with Crippen LogP contribution >= 0.6 is 0 Å². The number of H-pyrrole nitrogens is 1. The molecule has 1 aromatic carbocycles. The Morgan fingerprint density at radius 3 is 2.96 bits per heavy atom. The van der Waals surface area contributed by atoms with Crippen molar-refractivity contribution < 1.29 is 19.1 Å². The van der Waals surface area contributed by atoms with Gasteiger partial charge in [0.2, 0.25) is 5.43 Å². The van der Waals surface area contributed by atoms with Crippen molar-refractivity contribution in [3.8, 4) is 11.5 Å². The van der Waals surface area contributed by atoms with Crippen LogP contribution in [0.1, 0.15) is 5.69 Å². The third-order valence-electron chi connectivity index (χ3n) is 3.28. The molecule has 2 heterocycles. The molecule has 3 N–H and O–H groups in total. The number of carbonyl (C=O) groups excluding carboxylic acids is 2. The molecule has 3 rings (SSSR count). The van der Waals surface area contributed by atoms with Crippen molar-refractivity contribution in [2.45, 2.75) is 6.92 Å². The number of carbonyl (C=O) groups is 2. The predicted molar refractivity (Wildman–Crippen MR) is 86.5 cm³/mol. The molecule has 0 spiro atoms. The molecule has 24 heavy (non-hydrogen) atoms. The first-order chi connectivity index (χ1) is 11.5. The van der Waals surface area contributed by atoms with Gasteiger partial charge in [-0.25, -0.2) is 0 Å². The Hall–Kier alpha value is -3.29. The van der Waals surface area contributed by atoms with Crippen molar-refractivity contribution >= 4 is 23.2 Å². The van der Waals surface area contributed by atoms with Gasteiger partial charge in [-0.15, -0.1) is 0 Å². The SMILES string of the molecule is Cc1cc(=O)c(OCC(=O)Nc2ccc3c(c2)OCC(=O)N3)c[nH]1. The van der Waals surface area contributed by atoms with E-state index in [1.807, 2.05) is 0 Å². The minimum atomic E-state index is -0.422. The van der Waals surface area contributed by atoms with Gasteiger partial charge >= 0.3 is 0 Å². The molecule has 1 aliphatic rings. The molecule has 2 amide bonds. The number of aromatic nitrogens is 1. The molecule has 124 valence electrons. The molecular weight excluding hydrogens is 314 g/mol. The number of anilines is 2. The van der Waals surface area contributed by atoms with Crippen LogP contribution in [0.25, 0.3) is 0 Å². The van der Waals surface area contributed by atoms with Gasteiger partial charge in [-0.3, -0.25) is 14.4 Å². The summed E-state index contributed by atoms with van der Waals surface area (Å²) >= 11 is 0. The Labute approximate surface area is 136 Å². The summed E-state index contributed by atoms with van der Waals surface area (Å²) in [7, 11) is 0. The number of hydrogen-bond donors (Lipinski definition) is 3. The van der Waals surface area contributed by atoms with Crippen LogP contribution in [0.3, 0.4) is 0 Å². The van der Waals surface area contributed by atoms with E-state index >= 15 is 0 Å². The molecule has 0 saturated carbocycles. The van der Waals surface area contributed by atoms with Gasteiger partial charge in [-0.1, -0.05) is 0 Å². The highest BCUT2D eigenvalue weighted by molar-refractivity contribution is 5.97. The van der Waals surface area contributed by atoms with Crippen LogP contribution in [0.15, 0.2) is 35.3 Å². The van der Waals surface area contributed by atoms with Crippen LogP contribution in [0.2, 0.25) is 0 Å². The molecule has 0 aliphatic carbocycles. The van der Waals surface area contributed by atoms with Gasteiger partial charge in [0, 0.05) is 29.7 Å². The Kier molecular flexibility index (Phi) is 4.19. The van der Waals surface area contributed by atoms with Crippen molar-refractivity contribution in [3.05, 3.63) is 46.4 Å². The second-order valence-corrected chi connectivity index (χ2v) is 5.23. The third-order valence-corrected chi connectivity index (χ3v) is 3.28. The van der Waals surface area contributed by atoms with E-state index < -0.39 is 5.91 Å². The first-order valence-electron chi connectivity index (χ1n) is 7.20. The second-order valence-electron chi connectivity index (χ2n) is 5.23. The van der Waals surface area contributed by atoms with Gasteiger partial charge in [0.05, 0.1) is 5.69 Å². The van der Waals surface area contributed by atoms with E-state index in [0.29, 0.717) is 22.8 Å². The van der Waals surface area contributed by atoms with Gasteiger partial charge in [0.1, 0.15) is 5.75 Å². The van der Waals surface area contributed by atoms with Crippen molar-refractivity contribution in [1.82, 2.24) is 4.98 Å². The van der Waals surface area contributed by atoms with Gasteiger partial charge in [0.15, 0.2) is 19.0 Å². The molecule has 0 saturated heterocycles. The van der Waals surface area contributed by atoms with Crippen LogP contribution in [0, 0.1) is 6.92 Å². The molecule has 1 aromatic heterocycles. The lowest BCUT2D eigenvalue weighted by Crippen LogP contribution is -2.26. The zero-order valence-corrected chi connectivity index (χ0v) is 12.8. The van der Waals surface area contributed by atoms with Crippen molar-refractivity contribution in [1.29, 1.82) is 0 Å². The number of amides is 2. The zero-order chi connectivity index (χ0) is 17.1. The highest BCUT2D eigenvalue weighted by Crippen LogP contribution is 2.30. The first-order valence-corrected chi connectivity index (χ1v) is 7.20. The summed E-state index contributed by atoms with van der Waals surface area (Å²) in [5, 5.41) is 5.29. The molecule has 1 aliphatic heterocycles. The molecule has 8 heteroatoms. The van der Waals surface area contributed by atoms with E-state index in [-0.39, 0.29) is 30.3 Å². The lowest BCUT2D eigenvalue weighted by atomic mass is 10.2. The quantitative estimate of drug-likeness (QED) is 0.776. The van der Waals surface area contributed by atoms with Gasteiger partial charge in [-0.05, 0) is 19.1 Å². The minimum absolute atomic E-state index is 0.0658. The second kappa shape index (κ2) is 6.45. The summed E-state index contributed by atoms with van der Waals surface area (Å²) in [6.45, 7) is 1.38. The Balaban J connectivity index is 1.61. The van der Waals surface area contributed by atoms with Crippen LogP contribution in [-0.4, -0.2) is 30.0 Å². The van der Waals surface area contributed by atoms with Crippen LogP contribution in [0.4, 0.5) is 11.4 Å². The summed E-state index contributed by atoms with van der Waals surface area (Å²) in [6, 6.07) is 6.26. The van der Waals surface area contributed by atoms with E-state index in [4.69, 9.17) is 9.47 Å². The molecule has 2 aromatic rings. The number of aromatic amines is 1. The number of rotatable bonds is 4. The maximum atomic E-state index is 11.9. The number of pyridine rings is 1. The average Bonchev–Trinajstić information content (AvgIpc) is 2.54. The topological polar surface area (TPSA) is 110 Å². The fourth-order valence-corrected chi connectivity index (χ4v) is 2.17. The van der Waals surface area contributed by atoms with Gasteiger partial charge in [0.25, 0.3) is 11.8 Å². The van der Waals surface area contributed by atoms with E-state index in [0.717, 1.165) is 0 Å². The molecule has 0 atom stereocenters. The smallest absolute Gasteiger partial charge is 0.262 e. The van der Waals surface area contributed by atoms with Crippen LogP contribution in [0.5, 0.6) is 11.5 Å². The summed E-state index contributed by atoms with van der Waals surface area (Å²) in [6.07, 6.45) is 1.42. The number of aryl methyl sites for hydroxylation is 1. The van der Waals surface area contributed by atoms with Crippen molar-refractivity contribution in [3.63, 3.8) is 0 Å². The fraction of sp³-hybridized carbons (Fsp3) is 0.188. The fourth-order valence-electron chi connectivity index (χ4n) is 2.17. The molecule has 0 unspecified atom stereocenters. The lowest BCUT2D eigenvalue weighted by Gasteiger charge is -2.18. The number of fused-ring (bicyclic) bond motifs is 1. The van der Waals surface area contributed by atoms with Crippen molar-refractivity contribution in [2.24, 2.45) is 0 Å². The predicted octanol–water partition coefficient (Wildman–Crippen LogP) is 1.03. The largest absolute Gasteiger partial charge is 0.482 e. The zero-order valence-electron chi connectivity index (χ0n) is 12.8. The maximum absolute atomic E-state index is 11.9. The minimum Gasteiger partial charge on any atom is -0.482 e. The molecule has 8 nitrogen and oxygen atoms in total. The molecule has 0 fully saturated rings. The lowest BCUT2D eigenvalue weighted by molar-refractivity contribution is -0.119. The first kappa shape index (κ1) is 15.6. The normalized spacial score (nSPS) is 12.6. The summed E-state index contributed by atoms with van der Waals surface area (Å²) in [4.78, 5) is 37.6. The number of nitrogens with one attached hydrogen (secondary N) is 3. The number of benzene rings is 1. The molecule has 0 radical (unpaired) electrons. The standard InChI is InChI=1S/C16H15N3O5/c1-9-4-12(20)14(6-17-9)24-7-15(21)18-10-2-3-11-13(5-10)23-8-16(22)19-11/h2-6H,7-8H2,1H3,(H,17,20)(H,18,21)(H,19,22). The van der Waals surface area contributed by atoms with E-state index in [9.17, 15) is 14.4 Å². The average molecular weight is 329 g/mol. The van der Waals surface area contributed by atoms with Gasteiger partial charge in [-0.2, -0.15) is 0 Å². The third kappa shape index (κ3) is 3.54. The van der Waals surface area contributed by atoms with Crippen LogP contribution in [-0.2, 0) is 9.59 Å². The van der Waals surface area contributed by atoms with Crippen molar-refractivity contribution in [2.75, 3.05) is 23.8 Å². The van der Waals surface area contributed by atoms with Crippen LogP contribution < -0.4 is 25.5 Å². The Morgan fingerprint density at radius 2 is 2.17 bits per heavy atom. The monoisotopic (exact) mass is 329 g/mol. The summed E-state index contributed by atoms with van der Waals surface area (Å²) < 4.78 is 10.5. The highest BCUT2D eigenvalue weighted by atomic mass is 16.5. The summed E-state index contributed by atoms with van der Waals surface area (Å²) in [5.74, 6) is -0.0960. The Morgan fingerprint density at radius 1 is 1.33 bits per heavy atom. The molecular formula is C16H15N3O5. The highest BCUT2D eigenvalue weighted by Gasteiger charge is 2.16. The Bertz CT molecular complexity index is 859. The summed E-state index contributed by atoms with van der Waals surface area (Å²) in [5.41, 5.74) is 1.46. The molecule has 0 bridgehead atoms. The van der Waals surface area contributed by atoms with E-state index in [2.05, 4.69) is 15.6 Å². The van der Waals surface area contributed by atoms with E-state index in [1.54, 1.807) is 25.1 Å².